The molecule has 28 heavy (non-hydrogen) atoms. The maximum Gasteiger partial charge on any atom is 0.255 e. The molecule has 6 nitrogen and oxygen atoms in total. The van der Waals surface area contributed by atoms with E-state index in [4.69, 9.17) is 9.47 Å². The molecule has 1 aliphatic heterocycles. The lowest BCUT2D eigenvalue weighted by molar-refractivity contribution is -0.143. The highest BCUT2D eigenvalue weighted by atomic mass is 16.5. The lowest BCUT2D eigenvalue weighted by Gasteiger charge is -2.37. The van der Waals surface area contributed by atoms with Gasteiger partial charge in [0, 0.05) is 6.54 Å². The van der Waals surface area contributed by atoms with Gasteiger partial charge in [0.2, 0.25) is 5.91 Å². The Bertz CT molecular complexity index is 809. The van der Waals surface area contributed by atoms with E-state index < -0.39 is 0 Å². The van der Waals surface area contributed by atoms with Crippen LogP contribution in [0.1, 0.15) is 35.9 Å². The standard InChI is InChI=1S/C22H26N2O4/c1-3-27-19-12-8-7-11-18(19)22(26)23-13-21(25)24-14-16(2)28-20(15-24)17-9-5-4-6-10-17/h4-12,16,20H,3,13-15H2,1-2H3,(H,23,26). The van der Waals surface area contributed by atoms with Gasteiger partial charge in [0.05, 0.1) is 31.4 Å². The summed E-state index contributed by atoms with van der Waals surface area (Å²) in [5.41, 5.74) is 1.47. The summed E-state index contributed by atoms with van der Waals surface area (Å²) in [7, 11) is 0. The highest BCUT2D eigenvalue weighted by Crippen LogP contribution is 2.25. The van der Waals surface area contributed by atoms with Crippen LogP contribution < -0.4 is 10.1 Å². The first-order valence-corrected chi connectivity index (χ1v) is 9.56. The molecule has 0 aliphatic carbocycles. The summed E-state index contributed by atoms with van der Waals surface area (Å²) in [6.07, 6.45) is -0.236. The Labute approximate surface area is 165 Å². The van der Waals surface area contributed by atoms with Gasteiger partial charge in [-0.25, -0.2) is 0 Å². The van der Waals surface area contributed by atoms with E-state index >= 15 is 0 Å². The summed E-state index contributed by atoms with van der Waals surface area (Å²) in [6, 6.07) is 16.9. The molecule has 1 N–H and O–H groups in total. The molecule has 1 fully saturated rings. The topological polar surface area (TPSA) is 67.9 Å². The Hall–Kier alpha value is -2.86. The molecule has 0 bridgehead atoms. The monoisotopic (exact) mass is 382 g/mol. The number of carbonyl (C=O) groups excluding carboxylic acids is 2. The van der Waals surface area contributed by atoms with Crippen molar-refractivity contribution in [2.24, 2.45) is 0 Å². The van der Waals surface area contributed by atoms with Gasteiger partial charge in [0.25, 0.3) is 5.91 Å². The zero-order valence-electron chi connectivity index (χ0n) is 16.3. The molecule has 1 saturated heterocycles. The molecular weight excluding hydrogens is 356 g/mol. The van der Waals surface area contributed by atoms with Gasteiger partial charge in [-0.15, -0.1) is 0 Å². The van der Waals surface area contributed by atoms with Crippen LogP contribution in [0.4, 0.5) is 0 Å². The SMILES string of the molecule is CCOc1ccccc1C(=O)NCC(=O)N1CC(C)OC(c2ccccc2)C1. The second-order valence-corrected chi connectivity index (χ2v) is 6.76. The number of amides is 2. The van der Waals surface area contributed by atoms with Crippen LogP contribution in [0.2, 0.25) is 0 Å². The predicted molar refractivity (Wildman–Crippen MR) is 106 cm³/mol. The quantitative estimate of drug-likeness (QED) is 0.834. The molecule has 148 valence electrons. The summed E-state index contributed by atoms with van der Waals surface area (Å²) < 4.78 is 11.5. The average molecular weight is 382 g/mol. The fourth-order valence-electron chi connectivity index (χ4n) is 3.31. The van der Waals surface area contributed by atoms with Crippen LogP contribution >= 0.6 is 0 Å². The molecule has 2 aromatic carbocycles. The molecule has 2 unspecified atom stereocenters. The molecule has 1 aliphatic rings. The van der Waals surface area contributed by atoms with E-state index in [1.165, 1.54) is 0 Å². The molecular formula is C22H26N2O4. The van der Waals surface area contributed by atoms with Gasteiger partial charge >= 0.3 is 0 Å². The van der Waals surface area contributed by atoms with E-state index in [0.717, 1.165) is 5.56 Å². The molecule has 2 aromatic rings. The minimum absolute atomic E-state index is 0.0620. The maximum absolute atomic E-state index is 12.7. The van der Waals surface area contributed by atoms with Crippen LogP contribution in [0.5, 0.6) is 5.75 Å². The molecule has 3 rings (SSSR count). The molecule has 6 heteroatoms. The van der Waals surface area contributed by atoms with Crippen molar-refractivity contribution in [3.8, 4) is 5.75 Å². The highest BCUT2D eigenvalue weighted by molar-refractivity contribution is 5.98. The summed E-state index contributed by atoms with van der Waals surface area (Å²) in [6.45, 7) is 5.20. The van der Waals surface area contributed by atoms with Crippen LogP contribution in [-0.4, -0.2) is 49.1 Å². The van der Waals surface area contributed by atoms with Crippen molar-refractivity contribution < 1.29 is 19.1 Å². The van der Waals surface area contributed by atoms with Crippen molar-refractivity contribution in [1.29, 1.82) is 0 Å². The molecule has 0 spiro atoms. The number of para-hydroxylation sites is 1. The lowest BCUT2D eigenvalue weighted by Crippen LogP contribution is -2.49. The molecule has 2 amide bonds. The largest absolute Gasteiger partial charge is 0.493 e. The number of ether oxygens (including phenoxy) is 2. The number of hydrogen-bond donors (Lipinski definition) is 1. The van der Waals surface area contributed by atoms with Crippen LogP contribution in [0.3, 0.4) is 0 Å². The van der Waals surface area contributed by atoms with Gasteiger partial charge < -0.3 is 19.7 Å². The van der Waals surface area contributed by atoms with Crippen molar-refractivity contribution in [3.05, 3.63) is 65.7 Å². The summed E-state index contributed by atoms with van der Waals surface area (Å²) in [5.74, 6) is 0.0655. The van der Waals surface area contributed by atoms with Gasteiger partial charge in [-0.1, -0.05) is 42.5 Å². The van der Waals surface area contributed by atoms with Crippen LogP contribution in [0.25, 0.3) is 0 Å². The number of nitrogens with zero attached hydrogens (tertiary/aromatic N) is 1. The van der Waals surface area contributed by atoms with Crippen LogP contribution in [0, 0.1) is 0 Å². The zero-order chi connectivity index (χ0) is 19.9. The molecule has 1 heterocycles. The van der Waals surface area contributed by atoms with E-state index in [9.17, 15) is 9.59 Å². The van der Waals surface area contributed by atoms with Crippen molar-refractivity contribution in [2.45, 2.75) is 26.1 Å². The molecule has 2 atom stereocenters. The van der Waals surface area contributed by atoms with Crippen molar-refractivity contribution >= 4 is 11.8 Å². The lowest BCUT2D eigenvalue weighted by atomic mass is 10.1. The van der Waals surface area contributed by atoms with E-state index in [-0.39, 0.29) is 30.6 Å². The third kappa shape index (κ3) is 4.89. The van der Waals surface area contributed by atoms with E-state index in [1.54, 1.807) is 23.1 Å². The minimum atomic E-state index is -0.321. The van der Waals surface area contributed by atoms with E-state index in [1.807, 2.05) is 50.2 Å². The smallest absolute Gasteiger partial charge is 0.255 e. The maximum atomic E-state index is 12.7. The summed E-state index contributed by atoms with van der Waals surface area (Å²) in [5, 5.41) is 2.71. The van der Waals surface area contributed by atoms with Crippen molar-refractivity contribution in [1.82, 2.24) is 10.2 Å². The number of hydrogen-bond acceptors (Lipinski definition) is 4. The van der Waals surface area contributed by atoms with Crippen molar-refractivity contribution in [3.63, 3.8) is 0 Å². The first kappa shape index (κ1) is 19.9. The highest BCUT2D eigenvalue weighted by Gasteiger charge is 2.29. The van der Waals surface area contributed by atoms with Crippen LogP contribution in [-0.2, 0) is 9.53 Å². The van der Waals surface area contributed by atoms with Gasteiger partial charge in [-0.3, -0.25) is 9.59 Å². The minimum Gasteiger partial charge on any atom is -0.493 e. The van der Waals surface area contributed by atoms with E-state index in [2.05, 4.69) is 5.32 Å². The second-order valence-electron chi connectivity index (χ2n) is 6.76. The Morgan fingerprint density at radius 3 is 2.57 bits per heavy atom. The number of rotatable bonds is 6. The summed E-state index contributed by atoms with van der Waals surface area (Å²) in [4.78, 5) is 26.9. The summed E-state index contributed by atoms with van der Waals surface area (Å²) >= 11 is 0. The third-order valence-corrected chi connectivity index (χ3v) is 4.62. The van der Waals surface area contributed by atoms with Gasteiger partial charge in [-0.2, -0.15) is 0 Å². The Balaban J connectivity index is 1.60. The second kappa shape index (κ2) is 9.37. The van der Waals surface area contributed by atoms with Gasteiger partial charge in [-0.05, 0) is 31.5 Å². The molecule has 0 saturated carbocycles. The normalized spacial score (nSPS) is 19.1. The van der Waals surface area contributed by atoms with Gasteiger partial charge in [0.1, 0.15) is 11.9 Å². The Kier molecular flexibility index (Phi) is 6.66. The van der Waals surface area contributed by atoms with Gasteiger partial charge in [0.15, 0.2) is 0 Å². The van der Waals surface area contributed by atoms with Crippen molar-refractivity contribution in [2.75, 3.05) is 26.2 Å². The fraction of sp³-hybridized carbons (Fsp3) is 0.364. The first-order valence-electron chi connectivity index (χ1n) is 9.56. The zero-order valence-corrected chi connectivity index (χ0v) is 16.3. The Morgan fingerprint density at radius 2 is 1.82 bits per heavy atom. The van der Waals surface area contributed by atoms with Crippen LogP contribution in [0.15, 0.2) is 54.6 Å². The third-order valence-electron chi connectivity index (χ3n) is 4.62. The predicted octanol–water partition coefficient (Wildman–Crippen LogP) is 2.80. The number of carbonyl (C=O) groups is 2. The number of morpholine rings is 1. The first-order chi connectivity index (χ1) is 13.6. The number of benzene rings is 2. The Morgan fingerprint density at radius 1 is 1.11 bits per heavy atom. The fourth-order valence-corrected chi connectivity index (χ4v) is 3.31. The van der Waals surface area contributed by atoms with E-state index in [0.29, 0.717) is 31.0 Å². The molecule has 0 radical (unpaired) electrons. The average Bonchev–Trinajstić information content (AvgIpc) is 2.72. The molecule has 0 aromatic heterocycles. The number of nitrogens with one attached hydrogen (secondary N) is 1.